The minimum Gasteiger partial charge on any atom is -0.473 e. The lowest BCUT2D eigenvalue weighted by Crippen LogP contribution is -2.23. The summed E-state index contributed by atoms with van der Waals surface area (Å²) in [5, 5.41) is 3.60. The van der Waals surface area contributed by atoms with Crippen LogP contribution in [0.25, 0.3) is 0 Å². The molecule has 4 heteroatoms. The Morgan fingerprint density at radius 1 is 1.42 bits per heavy atom. The fourth-order valence-corrected chi connectivity index (χ4v) is 1.92. The summed E-state index contributed by atoms with van der Waals surface area (Å²) < 4.78 is 11.1. The second-order valence-electron chi connectivity index (χ2n) is 3.61. The van der Waals surface area contributed by atoms with Gasteiger partial charge in [-0.15, -0.1) is 5.10 Å². The van der Waals surface area contributed by atoms with E-state index in [1.54, 1.807) is 0 Å². The van der Waals surface area contributed by atoms with Gasteiger partial charge in [0.25, 0.3) is 0 Å². The van der Waals surface area contributed by atoms with Crippen LogP contribution in [0.1, 0.15) is 13.8 Å². The quantitative estimate of drug-likeness (QED) is 0.421. The highest BCUT2D eigenvalue weighted by Gasteiger charge is 2.48. The van der Waals surface area contributed by atoms with E-state index in [1.807, 2.05) is 6.92 Å². The number of nitrogens with two attached hydrogens (primary N) is 1. The Balaban J connectivity index is 2.18. The summed E-state index contributed by atoms with van der Waals surface area (Å²) in [6, 6.07) is 0. The molecule has 2 N–H and O–H groups in total. The van der Waals surface area contributed by atoms with Gasteiger partial charge in [-0.3, -0.25) is 0 Å². The first-order valence-corrected chi connectivity index (χ1v) is 4.30. The molecular weight excluding hydrogens is 156 g/mol. The largest absolute Gasteiger partial charge is 0.473 e. The van der Waals surface area contributed by atoms with Crippen molar-refractivity contribution in [2.24, 2.45) is 22.8 Å². The molecule has 0 spiro atoms. The van der Waals surface area contributed by atoms with Gasteiger partial charge in [-0.2, -0.15) is 0 Å². The molecule has 2 fully saturated rings. The number of nitrogens with zero attached hydrogens (tertiary/aromatic N) is 1. The molecule has 0 bridgehead atoms. The first kappa shape index (κ1) is 7.86. The molecule has 0 amide bonds. The van der Waals surface area contributed by atoms with E-state index < -0.39 is 0 Å². The third kappa shape index (κ3) is 0.909. The van der Waals surface area contributed by atoms with E-state index in [0.29, 0.717) is 11.8 Å². The van der Waals surface area contributed by atoms with Crippen molar-refractivity contribution in [2.45, 2.75) is 26.1 Å². The highest BCUT2D eigenvalue weighted by Crippen LogP contribution is 2.35. The SMILES string of the molecule is CC1COC2C(C)C(=NN)OC12. The van der Waals surface area contributed by atoms with Gasteiger partial charge in [-0.05, 0) is 0 Å². The summed E-state index contributed by atoms with van der Waals surface area (Å²) >= 11 is 0. The van der Waals surface area contributed by atoms with Gasteiger partial charge in [0.15, 0.2) is 0 Å². The summed E-state index contributed by atoms with van der Waals surface area (Å²) in [7, 11) is 0. The van der Waals surface area contributed by atoms with Crippen molar-refractivity contribution in [3.63, 3.8) is 0 Å². The minimum atomic E-state index is 0.169. The first-order valence-electron chi connectivity index (χ1n) is 4.30. The number of hydrazone groups is 1. The molecule has 0 saturated carbocycles. The maximum atomic E-state index is 5.57. The Kier molecular flexibility index (Phi) is 1.72. The molecule has 12 heavy (non-hydrogen) atoms. The van der Waals surface area contributed by atoms with E-state index >= 15 is 0 Å². The third-order valence-corrected chi connectivity index (χ3v) is 2.70. The molecule has 2 saturated heterocycles. The summed E-state index contributed by atoms with van der Waals surface area (Å²) in [5.74, 6) is 6.48. The van der Waals surface area contributed by atoms with Gasteiger partial charge in [-0.25, -0.2) is 0 Å². The molecule has 0 aromatic rings. The molecule has 2 rings (SSSR count). The van der Waals surface area contributed by atoms with Crippen LogP contribution >= 0.6 is 0 Å². The van der Waals surface area contributed by atoms with Crippen molar-refractivity contribution in [1.82, 2.24) is 0 Å². The highest BCUT2D eigenvalue weighted by atomic mass is 16.6. The molecular formula is C8H14N2O2. The zero-order valence-electron chi connectivity index (χ0n) is 7.36. The van der Waals surface area contributed by atoms with E-state index in [2.05, 4.69) is 12.0 Å². The summed E-state index contributed by atoms with van der Waals surface area (Å²) in [4.78, 5) is 0. The average molecular weight is 170 g/mol. The van der Waals surface area contributed by atoms with Gasteiger partial charge in [0.2, 0.25) is 5.90 Å². The zero-order chi connectivity index (χ0) is 8.72. The zero-order valence-corrected chi connectivity index (χ0v) is 7.36. The molecule has 2 aliphatic rings. The second-order valence-corrected chi connectivity index (χ2v) is 3.61. The molecule has 2 aliphatic heterocycles. The second kappa shape index (κ2) is 2.62. The van der Waals surface area contributed by atoms with E-state index in [9.17, 15) is 0 Å². The van der Waals surface area contributed by atoms with Crippen molar-refractivity contribution >= 4 is 5.90 Å². The van der Waals surface area contributed by atoms with Crippen LogP contribution in [-0.4, -0.2) is 24.7 Å². The van der Waals surface area contributed by atoms with E-state index in [0.717, 1.165) is 6.61 Å². The smallest absolute Gasteiger partial charge is 0.211 e. The fraction of sp³-hybridized carbons (Fsp3) is 0.875. The molecule has 4 nitrogen and oxygen atoms in total. The van der Waals surface area contributed by atoms with E-state index in [4.69, 9.17) is 15.3 Å². The molecule has 4 unspecified atom stereocenters. The van der Waals surface area contributed by atoms with Crippen LogP contribution in [0.4, 0.5) is 0 Å². The molecule has 0 aromatic carbocycles. The van der Waals surface area contributed by atoms with Gasteiger partial charge < -0.3 is 15.3 Å². The standard InChI is InChI=1S/C8H14N2O2/c1-4-3-11-7-5(2)8(10-9)12-6(4)7/h4-7H,3,9H2,1-2H3. The van der Waals surface area contributed by atoms with Crippen LogP contribution in [0.15, 0.2) is 5.10 Å². The van der Waals surface area contributed by atoms with Gasteiger partial charge in [-0.1, -0.05) is 13.8 Å². The van der Waals surface area contributed by atoms with Gasteiger partial charge in [0.05, 0.1) is 12.5 Å². The Morgan fingerprint density at radius 3 is 2.75 bits per heavy atom. The van der Waals surface area contributed by atoms with Crippen molar-refractivity contribution in [3.8, 4) is 0 Å². The Morgan fingerprint density at radius 2 is 2.17 bits per heavy atom. The number of ether oxygens (including phenoxy) is 2. The monoisotopic (exact) mass is 170 g/mol. The highest BCUT2D eigenvalue weighted by molar-refractivity contribution is 5.81. The van der Waals surface area contributed by atoms with Crippen molar-refractivity contribution in [3.05, 3.63) is 0 Å². The maximum absolute atomic E-state index is 5.57. The van der Waals surface area contributed by atoms with Crippen LogP contribution in [0.2, 0.25) is 0 Å². The molecule has 0 radical (unpaired) electrons. The third-order valence-electron chi connectivity index (χ3n) is 2.70. The molecule has 0 aromatic heterocycles. The van der Waals surface area contributed by atoms with Gasteiger partial charge in [0, 0.05) is 5.92 Å². The summed E-state index contributed by atoms with van der Waals surface area (Å²) in [6.07, 6.45) is 0.338. The van der Waals surface area contributed by atoms with Gasteiger partial charge in [0.1, 0.15) is 12.2 Å². The Bertz CT molecular complexity index is 217. The lowest BCUT2D eigenvalue weighted by atomic mass is 9.99. The normalized spacial score (nSPS) is 49.3. The maximum Gasteiger partial charge on any atom is 0.211 e. The van der Waals surface area contributed by atoms with Crippen LogP contribution in [0.3, 0.4) is 0 Å². The van der Waals surface area contributed by atoms with Crippen LogP contribution in [-0.2, 0) is 9.47 Å². The summed E-state index contributed by atoms with van der Waals surface area (Å²) in [6.45, 7) is 4.95. The summed E-state index contributed by atoms with van der Waals surface area (Å²) in [5.41, 5.74) is 0. The molecule has 0 aliphatic carbocycles. The average Bonchev–Trinajstić information content (AvgIpc) is 2.55. The van der Waals surface area contributed by atoms with E-state index in [-0.39, 0.29) is 18.1 Å². The first-order chi connectivity index (χ1) is 5.74. The lowest BCUT2D eigenvalue weighted by Gasteiger charge is -2.10. The van der Waals surface area contributed by atoms with E-state index in [1.165, 1.54) is 0 Å². The topological polar surface area (TPSA) is 56.8 Å². The van der Waals surface area contributed by atoms with Crippen molar-refractivity contribution in [2.75, 3.05) is 6.61 Å². The predicted octanol–water partition coefficient (Wildman–Crippen LogP) is 0.328. The van der Waals surface area contributed by atoms with Crippen LogP contribution < -0.4 is 5.84 Å². The number of fused-ring (bicyclic) bond motifs is 1. The molecule has 2 heterocycles. The Hall–Kier alpha value is -0.770. The van der Waals surface area contributed by atoms with Crippen molar-refractivity contribution in [1.29, 1.82) is 0 Å². The van der Waals surface area contributed by atoms with Gasteiger partial charge >= 0.3 is 0 Å². The number of hydrogen-bond acceptors (Lipinski definition) is 4. The molecule has 68 valence electrons. The predicted molar refractivity (Wildman–Crippen MR) is 44.6 cm³/mol. The fourth-order valence-electron chi connectivity index (χ4n) is 1.92. The molecule has 4 atom stereocenters. The number of rotatable bonds is 0. The van der Waals surface area contributed by atoms with Crippen LogP contribution in [0.5, 0.6) is 0 Å². The Labute approximate surface area is 71.7 Å². The minimum absolute atomic E-state index is 0.169. The lowest BCUT2D eigenvalue weighted by molar-refractivity contribution is 0.0688. The number of hydrogen-bond donors (Lipinski definition) is 1. The van der Waals surface area contributed by atoms with Crippen LogP contribution in [0, 0.1) is 11.8 Å². The van der Waals surface area contributed by atoms with Crippen molar-refractivity contribution < 1.29 is 9.47 Å².